The van der Waals surface area contributed by atoms with Crippen LogP contribution in [0.4, 0.5) is 10.8 Å². The fourth-order valence-corrected chi connectivity index (χ4v) is 4.23. The smallest absolute Gasteiger partial charge is 0.248 e. The number of para-hydroxylation sites is 1. The number of carbonyl (C=O) groups is 1. The monoisotopic (exact) mass is 427 g/mol. The van der Waals surface area contributed by atoms with E-state index in [0.717, 1.165) is 21.0 Å². The number of aryl methyl sites for hydroxylation is 1. The molecule has 6 nitrogen and oxygen atoms in total. The Balaban J connectivity index is 1.81. The molecule has 0 atom stereocenters. The van der Waals surface area contributed by atoms with Crippen molar-refractivity contribution in [3.05, 3.63) is 82.7 Å². The minimum atomic E-state index is -3.76. The number of rotatable bonds is 7. The zero-order chi connectivity index (χ0) is 20.9. The number of anilines is 2. The Kier molecular flexibility index (Phi) is 6.58. The molecule has 0 aliphatic heterocycles. The third kappa shape index (κ3) is 5.38. The van der Waals surface area contributed by atoms with Gasteiger partial charge in [-0.1, -0.05) is 48.5 Å². The molecule has 0 N–H and O–H groups in total. The molecule has 3 rings (SSSR count). The van der Waals surface area contributed by atoms with Crippen molar-refractivity contribution in [2.75, 3.05) is 18.5 Å². The maximum Gasteiger partial charge on any atom is 0.248 e. The summed E-state index contributed by atoms with van der Waals surface area (Å²) in [6.07, 6.45) is 1.51. The van der Waals surface area contributed by atoms with Gasteiger partial charge in [0.15, 0.2) is 5.13 Å². The average Bonchev–Trinajstić information content (AvgIpc) is 3.14. The molecule has 0 saturated heterocycles. The minimum Gasteiger partial charge on any atom is -0.272 e. The maximum absolute atomic E-state index is 13.0. The van der Waals surface area contributed by atoms with E-state index in [0.29, 0.717) is 10.8 Å². The van der Waals surface area contributed by atoms with Gasteiger partial charge >= 0.3 is 0 Å². The van der Waals surface area contributed by atoms with E-state index in [9.17, 15) is 13.2 Å². The molecule has 0 saturated carbocycles. The third-order valence-electron chi connectivity index (χ3n) is 4.09. The van der Waals surface area contributed by atoms with Crippen LogP contribution in [0.5, 0.6) is 0 Å². The maximum atomic E-state index is 13.0. The Hall–Kier alpha value is -2.81. The number of carbonyl (C=O) groups excluding carboxylic acids is 1. The SMILES string of the molecule is Cc1csc(N(C(=O)CN(C)S(=O)(=O)/C=C/c2ccccc2)c2ccccc2)n1. The van der Waals surface area contributed by atoms with E-state index in [4.69, 9.17) is 0 Å². The standard InChI is InChI=1S/C21H21N3O3S2/c1-17-16-28-21(22-17)24(19-11-7-4-8-12-19)20(25)15-23(2)29(26,27)14-13-18-9-5-3-6-10-18/h3-14,16H,15H2,1-2H3/b14-13+. The van der Waals surface area contributed by atoms with Gasteiger partial charge in [-0.2, -0.15) is 4.31 Å². The number of hydrogen-bond acceptors (Lipinski definition) is 5. The molecule has 0 fully saturated rings. The molecule has 8 heteroatoms. The first kappa shape index (κ1) is 20.9. The summed E-state index contributed by atoms with van der Waals surface area (Å²) < 4.78 is 26.2. The van der Waals surface area contributed by atoms with Crippen molar-refractivity contribution in [1.82, 2.24) is 9.29 Å². The molecule has 1 amide bonds. The zero-order valence-electron chi connectivity index (χ0n) is 16.1. The van der Waals surface area contributed by atoms with Crippen LogP contribution < -0.4 is 4.90 Å². The van der Waals surface area contributed by atoms with E-state index >= 15 is 0 Å². The van der Waals surface area contributed by atoms with Crippen LogP contribution in [-0.4, -0.2) is 37.2 Å². The minimum absolute atomic E-state index is 0.311. The molecule has 3 aromatic rings. The Labute approximate surface area is 174 Å². The second-order valence-corrected chi connectivity index (χ2v) is 9.11. The lowest BCUT2D eigenvalue weighted by molar-refractivity contribution is -0.117. The number of nitrogens with zero attached hydrogens (tertiary/aromatic N) is 3. The van der Waals surface area contributed by atoms with E-state index in [1.165, 1.54) is 29.4 Å². The van der Waals surface area contributed by atoms with Gasteiger partial charge in [0.2, 0.25) is 15.9 Å². The van der Waals surface area contributed by atoms with Crippen LogP contribution in [0.15, 0.2) is 71.5 Å². The van der Waals surface area contributed by atoms with Crippen LogP contribution in [0.3, 0.4) is 0 Å². The Morgan fingerprint density at radius 2 is 1.69 bits per heavy atom. The highest BCUT2D eigenvalue weighted by molar-refractivity contribution is 7.92. The molecule has 2 aromatic carbocycles. The van der Waals surface area contributed by atoms with Gasteiger partial charge in [-0.05, 0) is 30.7 Å². The van der Waals surface area contributed by atoms with Crippen LogP contribution in [0.25, 0.3) is 6.08 Å². The topological polar surface area (TPSA) is 70.6 Å². The molecule has 0 unspecified atom stereocenters. The molecule has 0 radical (unpaired) electrons. The van der Waals surface area contributed by atoms with Crippen molar-refractivity contribution in [2.45, 2.75) is 6.92 Å². The second kappa shape index (κ2) is 9.13. The molecule has 29 heavy (non-hydrogen) atoms. The summed E-state index contributed by atoms with van der Waals surface area (Å²) in [6, 6.07) is 18.2. The Morgan fingerprint density at radius 3 is 2.28 bits per heavy atom. The van der Waals surface area contributed by atoms with Crippen molar-refractivity contribution in [2.24, 2.45) is 0 Å². The number of thiazole rings is 1. The number of aromatic nitrogens is 1. The number of likely N-dealkylation sites (N-methyl/N-ethyl adjacent to an activating group) is 1. The van der Waals surface area contributed by atoms with Crippen molar-refractivity contribution in [3.63, 3.8) is 0 Å². The summed E-state index contributed by atoms with van der Waals surface area (Å²) in [5.41, 5.74) is 2.20. The predicted molar refractivity (Wildman–Crippen MR) is 117 cm³/mol. The van der Waals surface area contributed by atoms with Gasteiger partial charge in [-0.25, -0.2) is 13.4 Å². The van der Waals surface area contributed by atoms with Crippen LogP contribution in [-0.2, 0) is 14.8 Å². The normalized spacial score (nSPS) is 11.8. The van der Waals surface area contributed by atoms with Crippen molar-refractivity contribution in [1.29, 1.82) is 0 Å². The highest BCUT2D eigenvalue weighted by Crippen LogP contribution is 2.28. The fraction of sp³-hybridized carbons (Fsp3) is 0.143. The molecule has 150 valence electrons. The van der Waals surface area contributed by atoms with Gasteiger partial charge < -0.3 is 0 Å². The number of sulfonamides is 1. The lowest BCUT2D eigenvalue weighted by atomic mass is 10.2. The van der Waals surface area contributed by atoms with E-state index < -0.39 is 10.0 Å². The lowest BCUT2D eigenvalue weighted by Crippen LogP contribution is -2.38. The van der Waals surface area contributed by atoms with E-state index in [-0.39, 0.29) is 12.5 Å². The quantitative estimate of drug-likeness (QED) is 0.570. The van der Waals surface area contributed by atoms with Crippen LogP contribution in [0, 0.1) is 6.92 Å². The van der Waals surface area contributed by atoms with Crippen LogP contribution in [0.1, 0.15) is 11.3 Å². The molecule has 0 bridgehead atoms. The van der Waals surface area contributed by atoms with E-state index in [2.05, 4.69) is 4.98 Å². The van der Waals surface area contributed by atoms with Gasteiger partial charge in [0.1, 0.15) is 0 Å². The van der Waals surface area contributed by atoms with Gasteiger partial charge in [0, 0.05) is 17.8 Å². The third-order valence-corrected chi connectivity index (χ3v) is 6.51. The fourth-order valence-electron chi connectivity index (χ4n) is 2.57. The largest absolute Gasteiger partial charge is 0.272 e. The Bertz CT molecular complexity index is 1090. The van der Waals surface area contributed by atoms with Gasteiger partial charge in [-0.3, -0.25) is 9.69 Å². The molecular weight excluding hydrogens is 406 g/mol. The average molecular weight is 428 g/mol. The van der Waals surface area contributed by atoms with Crippen molar-refractivity contribution in [3.8, 4) is 0 Å². The van der Waals surface area contributed by atoms with E-state index in [1.807, 2.05) is 48.7 Å². The Morgan fingerprint density at radius 1 is 1.07 bits per heavy atom. The number of amides is 1. The summed E-state index contributed by atoms with van der Waals surface area (Å²) in [4.78, 5) is 18.9. The van der Waals surface area contributed by atoms with Crippen LogP contribution >= 0.6 is 11.3 Å². The predicted octanol–water partition coefficient (Wildman–Crippen LogP) is 4.05. The van der Waals surface area contributed by atoms with Gasteiger partial charge in [0.25, 0.3) is 0 Å². The summed E-state index contributed by atoms with van der Waals surface area (Å²) in [6.45, 7) is 1.54. The summed E-state index contributed by atoms with van der Waals surface area (Å²) in [5.74, 6) is -0.385. The molecule has 1 heterocycles. The molecule has 0 spiro atoms. The summed E-state index contributed by atoms with van der Waals surface area (Å²) in [7, 11) is -2.37. The number of benzene rings is 2. The van der Waals surface area contributed by atoms with Crippen molar-refractivity contribution < 1.29 is 13.2 Å². The molecule has 0 aliphatic rings. The van der Waals surface area contributed by atoms with Gasteiger partial charge in [0.05, 0.1) is 17.9 Å². The highest BCUT2D eigenvalue weighted by atomic mass is 32.2. The van der Waals surface area contributed by atoms with E-state index in [1.54, 1.807) is 24.3 Å². The molecule has 1 aromatic heterocycles. The number of hydrogen-bond donors (Lipinski definition) is 0. The first-order chi connectivity index (χ1) is 13.9. The molecule has 0 aliphatic carbocycles. The first-order valence-corrected chi connectivity index (χ1v) is 11.2. The van der Waals surface area contributed by atoms with Crippen molar-refractivity contribution >= 4 is 44.2 Å². The summed E-state index contributed by atoms with van der Waals surface area (Å²) >= 11 is 1.33. The van der Waals surface area contributed by atoms with Gasteiger partial charge in [-0.15, -0.1) is 11.3 Å². The highest BCUT2D eigenvalue weighted by Gasteiger charge is 2.25. The molecular formula is C21H21N3O3S2. The van der Waals surface area contributed by atoms with Crippen LogP contribution in [0.2, 0.25) is 0 Å². The first-order valence-electron chi connectivity index (χ1n) is 8.86. The zero-order valence-corrected chi connectivity index (χ0v) is 17.7. The lowest BCUT2D eigenvalue weighted by Gasteiger charge is -2.22. The summed E-state index contributed by atoms with van der Waals surface area (Å²) in [5, 5.41) is 3.46. The second-order valence-electron chi connectivity index (χ2n) is 6.35.